The summed E-state index contributed by atoms with van der Waals surface area (Å²) in [6, 6.07) is 14.1. The molecule has 0 saturated heterocycles. The molecule has 1 amide bonds. The second-order valence-electron chi connectivity index (χ2n) is 6.80. The van der Waals surface area contributed by atoms with Gasteiger partial charge in [-0.05, 0) is 54.6 Å². The largest absolute Gasteiger partial charge is 0.497 e. The molecule has 6 heteroatoms. The number of ether oxygens (including phenoxy) is 1. The van der Waals surface area contributed by atoms with E-state index in [1.165, 1.54) is 23.4 Å². The van der Waals surface area contributed by atoms with Crippen molar-refractivity contribution in [1.82, 2.24) is 15.1 Å². The highest BCUT2D eigenvalue weighted by atomic mass is 32.1. The summed E-state index contributed by atoms with van der Waals surface area (Å²) in [4.78, 5) is 13.3. The highest BCUT2D eigenvalue weighted by Crippen LogP contribution is 2.41. The Hall–Kier alpha value is -2.60. The predicted molar refractivity (Wildman–Crippen MR) is 107 cm³/mol. The van der Waals surface area contributed by atoms with Crippen LogP contribution in [0.4, 0.5) is 0 Å². The minimum Gasteiger partial charge on any atom is -0.497 e. The van der Waals surface area contributed by atoms with E-state index in [0.29, 0.717) is 25.3 Å². The van der Waals surface area contributed by atoms with Crippen LogP contribution in [-0.4, -0.2) is 22.8 Å². The molecule has 1 fully saturated rings. The molecule has 0 spiro atoms. The van der Waals surface area contributed by atoms with Crippen molar-refractivity contribution in [3.05, 3.63) is 64.1 Å². The highest BCUT2D eigenvalue weighted by molar-refractivity contribution is 7.09. The minimum absolute atomic E-state index is 0.0652. The minimum atomic E-state index is 0.0652. The molecule has 1 aliphatic rings. The lowest BCUT2D eigenvalue weighted by Crippen LogP contribution is -2.22. The molecule has 140 valence electrons. The van der Waals surface area contributed by atoms with Crippen molar-refractivity contribution >= 4 is 17.2 Å². The van der Waals surface area contributed by atoms with Crippen molar-refractivity contribution in [2.75, 3.05) is 7.11 Å². The Morgan fingerprint density at radius 2 is 2.11 bits per heavy atom. The number of nitrogens with zero attached hydrogens (tertiary/aromatic N) is 2. The van der Waals surface area contributed by atoms with E-state index in [1.54, 1.807) is 18.4 Å². The number of carbonyl (C=O) groups is 1. The summed E-state index contributed by atoms with van der Waals surface area (Å²) in [5, 5.41) is 9.78. The lowest BCUT2D eigenvalue weighted by Gasteiger charge is -2.07. The molecule has 3 aromatic rings. The molecule has 1 N–H and O–H groups in total. The number of nitrogens with one attached hydrogen (secondary N) is 1. The van der Waals surface area contributed by atoms with E-state index >= 15 is 0 Å². The van der Waals surface area contributed by atoms with Crippen LogP contribution < -0.4 is 10.1 Å². The lowest BCUT2D eigenvalue weighted by molar-refractivity contribution is -0.121. The van der Waals surface area contributed by atoms with E-state index in [0.717, 1.165) is 17.1 Å². The maximum absolute atomic E-state index is 12.1. The lowest BCUT2D eigenvalue weighted by atomic mass is 10.2. The second kappa shape index (κ2) is 7.96. The van der Waals surface area contributed by atoms with Gasteiger partial charge in [0, 0.05) is 29.3 Å². The third kappa shape index (κ3) is 4.39. The van der Waals surface area contributed by atoms with Crippen LogP contribution in [0.25, 0.3) is 5.69 Å². The number of thiophene rings is 1. The van der Waals surface area contributed by atoms with Gasteiger partial charge in [0.15, 0.2) is 0 Å². The molecule has 5 nitrogen and oxygen atoms in total. The van der Waals surface area contributed by atoms with E-state index in [9.17, 15) is 4.79 Å². The van der Waals surface area contributed by atoms with Gasteiger partial charge >= 0.3 is 0 Å². The van der Waals surface area contributed by atoms with Crippen molar-refractivity contribution in [3.63, 3.8) is 0 Å². The third-order valence-electron chi connectivity index (χ3n) is 4.75. The van der Waals surface area contributed by atoms with Crippen molar-refractivity contribution < 1.29 is 9.53 Å². The Morgan fingerprint density at radius 3 is 2.78 bits per heavy atom. The van der Waals surface area contributed by atoms with Gasteiger partial charge < -0.3 is 10.1 Å². The molecule has 0 bridgehead atoms. The number of benzene rings is 1. The summed E-state index contributed by atoms with van der Waals surface area (Å²) >= 11 is 1.66. The molecule has 1 aliphatic carbocycles. The van der Waals surface area contributed by atoms with Crippen LogP contribution in [0.5, 0.6) is 5.75 Å². The first-order valence-corrected chi connectivity index (χ1v) is 10.1. The van der Waals surface area contributed by atoms with Crippen LogP contribution >= 0.6 is 11.3 Å². The van der Waals surface area contributed by atoms with Gasteiger partial charge in [0.1, 0.15) is 5.75 Å². The Bertz CT molecular complexity index is 896. The molecular weight excluding hydrogens is 358 g/mol. The van der Waals surface area contributed by atoms with Crippen LogP contribution in [0, 0.1) is 0 Å². The molecule has 0 radical (unpaired) electrons. The number of aromatic nitrogens is 2. The number of methoxy groups -OCH3 is 1. The normalized spacial score (nSPS) is 13.5. The first-order valence-electron chi connectivity index (χ1n) is 9.25. The molecule has 1 saturated carbocycles. The molecular formula is C21H23N3O2S. The van der Waals surface area contributed by atoms with Gasteiger partial charge in [-0.2, -0.15) is 5.10 Å². The fraction of sp³-hybridized carbons (Fsp3) is 0.333. The maximum Gasteiger partial charge on any atom is 0.220 e. The van der Waals surface area contributed by atoms with Gasteiger partial charge in [-0.15, -0.1) is 11.3 Å². The standard InChI is InChI=1S/C21H23N3O2S/c1-26-18-9-7-17(8-10-18)24-20(15-4-5-15)13-16(23-24)6-11-21(25)22-14-19-3-2-12-27-19/h2-3,7-10,12-13,15H,4-6,11,14H2,1H3,(H,22,25). The monoisotopic (exact) mass is 381 g/mol. The number of rotatable bonds is 8. The van der Waals surface area contributed by atoms with E-state index < -0.39 is 0 Å². The Kier molecular flexibility index (Phi) is 5.25. The zero-order valence-corrected chi connectivity index (χ0v) is 16.2. The Balaban J connectivity index is 1.41. The van der Waals surface area contributed by atoms with Crippen LogP contribution in [0.15, 0.2) is 47.8 Å². The fourth-order valence-corrected chi connectivity index (χ4v) is 3.74. The van der Waals surface area contributed by atoms with E-state index in [2.05, 4.69) is 11.4 Å². The molecule has 0 unspecified atom stereocenters. The molecule has 1 aromatic carbocycles. The topological polar surface area (TPSA) is 56.2 Å². The molecule has 0 aliphatic heterocycles. The Morgan fingerprint density at radius 1 is 1.30 bits per heavy atom. The van der Waals surface area contributed by atoms with Gasteiger partial charge in [-0.1, -0.05) is 6.07 Å². The molecule has 4 rings (SSSR count). The number of amides is 1. The molecule has 2 aromatic heterocycles. The molecule has 2 heterocycles. The van der Waals surface area contributed by atoms with E-state index in [-0.39, 0.29) is 5.91 Å². The average molecular weight is 382 g/mol. The number of hydrogen-bond acceptors (Lipinski definition) is 4. The summed E-state index contributed by atoms with van der Waals surface area (Å²) in [5.41, 5.74) is 3.25. The fourth-order valence-electron chi connectivity index (χ4n) is 3.10. The predicted octanol–water partition coefficient (Wildman–Crippen LogP) is 4.07. The van der Waals surface area contributed by atoms with Crippen LogP contribution in [0.2, 0.25) is 0 Å². The van der Waals surface area contributed by atoms with Crippen molar-refractivity contribution in [3.8, 4) is 11.4 Å². The number of carbonyl (C=O) groups excluding carboxylic acids is 1. The third-order valence-corrected chi connectivity index (χ3v) is 5.62. The summed E-state index contributed by atoms with van der Waals surface area (Å²) in [5.74, 6) is 1.48. The van der Waals surface area contributed by atoms with Crippen LogP contribution in [0.1, 0.15) is 41.4 Å². The zero-order chi connectivity index (χ0) is 18.6. The summed E-state index contributed by atoms with van der Waals surface area (Å²) < 4.78 is 7.27. The summed E-state index contributed by atoms with van der Waals surface area (Å²) in [6.45, 7) is 0.601. The summed E-state index contributed by atoms with van der Waals surface area (Å²) in [6.07, 6.45) is 3.53. The van der Waals surface area contributed by atoms with Gasteiger partial charge in [-0.25, -0.2) is 4.68 Å². The first kappa shape index (κ1) is 17.8. The highest BCUT2D eigenvalue weighted by Gasteiger charge is 2.28. The number of hydrogen-bond donors (Lipinski definition) is 1. The second-order valence-corrected chi connectivity index (χ2v) is 7.83. The van der Waals surface area contributed by atoms with Gasteiger partial charge in [-0.3, -0.25) is 4.79 Å². The average Bonchev–Trinajstić information content (AvgIpc) is 3.24. The van der Waals surface area contributed by atoms with Crippen LogP contribution in [0.3, 0.4) is 0 Å². The van der Waals surface area contributed by atoms with Gasteiger partial charge in [0.25, 0.3) is 0 Å². The summed E-state index contributed by atoms with van der Waals surface area (Å²) in [7, 11) is 1.67. The van der Waals surface area contributed by atoms with Crippen molar-refractivity contribution in [2.24, 2.45) is 0 Å². The van der Waals surface area contributed by atoms with Crippen molar-refractivity contribution in [2.45, 2.75) is 38.1 Å². The van der Waals surface area contributed by atoms with E-state index in [4.69, 9.17) is 9.84 Å². The van der Waals surface area contributed by atoms with Crippen molar-refractivity contribution in [1.29, 1.82) is 0 Å². The molecule has 0 atom stereocenters. The molecule has 27 heavy (non-hydrogen) atoms. The van der Waals surface area contributed by atoms with E-state index in [1.807, 2.05) is 46.5 Å². The Labute approximate surface area is 163 Å². The quantitative estimate of drug-likeness (QED) is 0.640. The smallest absolute Gasteiger partial charge is 0.220 e. The first-order chi connectivity index (χ1) is 13.2. The van der Waals surface area contributed by atoms with Crippen LogP contribution in [-0.2, 0) is 17.8 Å². The van der Waals surface area contributed by atoms with Gasteiger partial charge in [0.2, 0.25) is 5.91 Å². The van der Waals surface area contributed by atoms with Gasteiger partial charge in [0.05, 0.1) is 25.0 Å². The SMILES string of the molecule is COc1ccc(-n2nc(CCC(=O)NCc3cccs3)cc2C2CC2)cc1. The maximum atomic E-state index is 12.1. The number of aryl methyl sites for hydroxylation is 1. The zero-order valence-electron chi connectivity index (χ0n) is 15.4.